The van der Waals surface area contributed by atoms with Crippen LogP contribution in [0.2, 0.25) is 10.0 Å². The molecule has 0 bridgehead atoms. The van der Waals surface area contributed by atoms with E-state index in [-0.39, 0.29) is 6.03 Å². The number of halogens is 2. The third-order valence-electron chi connectivity index (χ3n) is 3.35. The van der Waals surface area contributed by atoms with Crippen LogP contribution in [0.1, 0.15) is 6.92 Å². The lowest BCUT2D eigenvalue weighted by Crippen LogP contribution is -2.38. The van der Waals surface area contributed by atoms with Gasteiger partial charge < -0.3 is 5.32 Å². The molecule has 2 aromatic rings. The van der Waals surface area contributed by atoms with Crippen LogP contribution in [0, 0.1) is 0 Å². The predicted octanol–water partition coefficient (Wildman–Crippen LogP) is 5.52. The molecule has 3 rings (SSSR count). The smallest absolute Gasteiger partial charge is 0.307 e. The van der Waals surface area contributed by atoms with Gasteiger partial charge in [-0.2, -0.15) is 0 Å². The second kappa shape index (κ2) is 7.47. The summed E-state index contributed by atoms with van der Waals surface area (Å²) in [4.78, 5) is 18.9. The van der Waals surface area contributed by atoms with Gasteiger partial charge in [0.05, 0.1) is 12.2 Å². The van der Waals surface area contributed by atoms with Gasteiger partial charge in [0.15, 0.2) is 5.17 Å². The largest absolute Gasteiger partial charge is 0.332 e. The molecule has 2 amide bonds. The van der Waals surface area contributed by atoms with Crippen molar-refractivity contribution in [2.45, 2.75) is 12.2 Å². The van der Waals surface area contributed by atoms with Gasteiger partial charge in [-0.25, -0.2) is 9.69 Å². The minimum atomic E-state index is -0.292. The van der Waals surface area contributed by atoms with Crippen molar-refractivity contribution in [3.8, 4) is 0 Å². The summed E-state index contributed by atoms with van der Waals surface area (Å²) < 4.78 is 0. The molecule has 1 aliphatic rings. The number of hydrogen-bond acceptors (Lipinski definition) is 3. The van der Waals surface area contributed by atoms with E-state index in [1.807, 2.05) is 0 Å². The molecule has 7 heteroatoms. The molecule has 1 atom stereocenters. The molecular formula is C17H15Cl2N3OS. The Morgan fingerprint density at radius 2 is 1.96 bits per heavy atom. The standard InChI is InChI=1S/C17H15Cl2N3OS/c1-11-10-20-17(24-11)22(15-7-5-12(18)6-8-15)16(23)21-14-4-2-3-13(19)9-14/h2-9,11H,10H2,1H3,(H,21,23)/t11-/m1/s1. The van der Waals surface area contributed by atoms with Gasteiger partial charge in [0.1, 0.15) is 0 Å². The van der Waals surface area contributed by atoms with Gasteiger partial charge in [-0.05, 0) is 42.5 Å². The molecule has 1 aliphatic heterocycles. The number of thioether (sulfide) groups is 1. The van der Waals surface area contributed by atoms with Gasteiger partial charge in [-0.15, -0.1) is 0 Å². The quantitative estimate of drug-likeness (QED) is 0.745. The summed E-state index contributed by atoms with van der Waals surface area (Å²) in [5.41, 5.74) is 1.34. The summed E-state index contributed by atoms with van der Waals surface area (Å²) in [7, 11) is 0. The Kier molecular flexibility index (Phi) is 5.33. The van der Waals surface area contributed by atoms with E-state index in [1.165, 1.54) is 0 Å². The maximum Gasteiger partial charge on any atom is 0.332 e. The van der Waals surface area contributed by atoms with Crippen LogP contribution in [0.15, 0.2) is 53.5 Å². The second-order valence-corrected chi connectivity index (χ2v) is 7.58. The van der Waals surface area contributed by atoms with Crippen molar-refractivity contribution in [2.75, 3.05) is 16.8 Å². The molecule has 4 nitrogen and oxygen atoms in total. The Balaban J connectivity index is 1.89. The van der Waals surface area contributed by atoms with Crippen LogP contribution in [-0.4, -0.2) is 23.0 Å². The normalized spacial score (nSPS) is 16.6. The number of carbonyl (C=O) groups is 1. The highest BCUT2D eigenvalue weighted by Gasteiger charge is 2.27. The van der Waals surface area contributed by atoms with Gasteiger partial charge in [-0.3, -0.25) is 4.99 Å². The van der Waals surface area contributed by atoms with Gasteiger partial charge in [0.2, 0.25) is 0 Å². The molecule has 0 unspecified atom stereocenters. The minimum absolute atomic E-state index is 0.292. The molecule has 124 valence electrons. The van der Waals surface area contributed by atoms with Crippen LogP contribution >= 0.6 is 35.0 Å². The molecule has 0 aromatic heterocycles. The molecule has 0 saturated carbocycles. The van der Waals surface area contributed by atoms with Crippen molar-refractivity contribution in [2.24, 2.45) is 4.99 Å². The number of aliphatic imine (C=N–C) groups is 1. The monoisotopic (exact) mass is 379 g/mol. The highest BCUT2D eigenvalue weighted by molar-refractivity contribution is 8.15. The lowest BCUT2D eigenvalue weighted by Gasteiger charge is -2.23. The van der Waals surface area contributed by atoms with E-state index in [0.717, 1.165) is 0 Å². The number of amidine groups is 1. The topological polar surface area (TPSA) is 44.7 Å². The predicted molar refractivity (Wildman–Crippen MR) is 104 cm³/mol. The number of hydrogen-bond donors (Lipinski definition) is 1. The molecule has 1 heterocycles. The molecular weight excluding hydrogens is 365 g/mol. The van der Waals surface area contributed by atoms with Gasteiger partial charge in [-0.1, -0.05) is 48.0 Å². The highest BCUT2D eigenvalue weighted by atomic mass is 35.5. The summed E-state index contributed by atoms with van der Waals surface area (Å²) >= 11 is 13.5. The summed E-state index contributed by atoms with van der Waals surface area (Å²) in [5, 5.41) is 5.05. The van der Waals surface area contributed by atoms with Crippen LogP contribution < -0.4 is 10.2 Å². The number of carbonyl (C=O) groups excluding carboxylic acids is 1. The molecule has 24 heavy (non-hydrogen) atoms. The fourth-order valence-corrected chi connectivity index (χ4v) is 3.50. The fourth-order valence-electron chi connectivity index (χ4n) is 2.23. The van der Waals surface area contributed by atoms with Crippen LogP contribution in [0.25, 0.3) is 0 Å². The average Bonchev–Trinajstić information content (AvgIpc) is 2.95. The average molecular weight is 380 g/mol. The number of nitrogens with zero attached hydrogens (tertiary/aromatic N) is 2. The SMILES string of the molecule is C[C@@H]1CN=C(N(C(=O)Nc2cccc(Cl)c2)c2ccc(Cl)cc2)S1. The van der Waals surface area contributed by atoms with E-state index in [9.17, 15) is 4.79 Å². The maximum absolute atomic E-state index is 12.8. The molecule has 0 fully saturated rings. The summed E-state index contributed by atoms with van der Waals surface area (Å²) in [6.45, 7) is 2.77. The zero-order valence-corrected chi connectivity index (χ0v) is 15.2. The Hall–Kier alpha value is -1.69. The fraction of sp³-hybridized carbons (Fsp3) is 0.176. The Morgan fingerprint density at radius 3 is 2.58 bits per heavy atom. The van der Waals surface area contributed by atoms with Gasteiger partial charge in [0.25, 0.3) is 0 Å². The summed E-state index contributed by atoms with van der Waals surface area (Å²) in [6.07, 6.45) is 0. The zero-order valence-electron chi connectivity index (χ0n) is 12.9. The molecule has 0 radical (unpaired) electrons. The third-order valence-corrected chi connectivity index (χ3v) is 4.91. The van der Waals surface area contributed by atoms with Crippen molar-refractivity contribution in [1.82, 2.24) is 0 Å². The first-order valence-electron chi connectivity index (χ1n) is 7.36. The molecule has 1 N–H and O–H groups in total. The van der Waals surface area contributed by atoms with Gasteiger partial charge >= 0.3 is 6.03 Å². The first kappa shape index (κ1) is 17.1. The number of urea groups is 1. The summed E-state index contributed by atoms with van der Waals surface area (Å²) in [6, 6.07) is 13.8. The van der Waals surface area contributed by atoms with E-state index in [1.54, 1.807) is 65.2 Å². The van der Waals surface area contributed by atoms with E-state index < -0.39 is 0 Å². The molecule has 2 aromatic carbocycles. The first-order valence-corrected chi connectivity index (χ1v) is 9.00. The van der Waals surface area contributed by atoms with Crippen molar-refractivity contribution in [1.29, 1.82) is 0 Å². The van der Waals surface area contributed by atoms with Gasteiger partial charge in [0, 0.05) is 21.0 Å². The second-order valence-electron chi connectivity index (χ2n) is 5.30. The maximum atomic E-state index is 12.8. The van der Waals surface area contributed by atoms with Crippen molar-refractivity contribution in [3.05, 3.63) is 58.6 Å². The molecule has 0 spiro atoms. The first-order chi connectivity index (χ1) is 11.5. The molecule has 0 saturated heterocycles. The van der Waals surface area contributed by atoms with Crippen LogP contribution in [0.4, 0.5) is 16.2 Å². The summed E-state index contributed by atoms with van der Waals surface area (Å²) in [5.74, 6) is 0. The number of benzene rings is 2. The van der Waals surface area contributed by atoms with Crippen LogP contribution in [0.3, 0.4) is 0 Å². The van der Waals surface area contributed by atoms with Crippen LogP contribution in [-0.2, 0) is 0 Å². The lowest BCUT2D eigenvalue weighted by molar-refractivity contribution is 0.259. The minimum Gasteiger partial charge on any atom is -0.307 e. The van der Waals surface area contributed by atoms with E-state index in [0.29, 0.717) is 38.4 Å². The molecule has 0 aliphatic carbocycles. The number of nitrogens with one attached hydrogen (secondary N) is 1. The number of anilines is 2. The Bertz CT molecular complexity index is 780. The zero-order chi connectivity index (χ0) is 17.1. The Morgan fingerprint density at radius 1 is 1.21 bits per heavy atom. The number of rotatable bonds is 2. The Labute approximate surface area is 154 Å². The third kappa shape index (κ3) is 4.04. The highest BCUT2D eigenvalue weighted by Crippen LogP contribution is 2.29. The van der Waals surface area contributed by atoms with Crippen LogP contribution in [0.5, 0.6) is 0 Å². The lowest BCUT2D eigenvalue weighted by atomic mass is 10.3. The van der Waals surface area contributed by atoms with Crippen molar-refractivity contribution in [3.63, 3.8) is 0 Å². The van der Waals surface area contributed by atoms with Crippen molar-refractivity contribution < 1.29 is 4.79 Å². The van der Waals surface area contributed by atoms with E-state index in [2.05, 4.69) is 17.2 Å². The van der Waals surface area contributed by atoms with Crippen molar-refractivity contribution >= 4 is 57.5 Å². The van der Waals surface area contributed by atoms with E-state index >= 15 is 0 Å². The van der Waals surface area contributed by atoms with E-state index in [4.69, 9.17) is 23.2 Å². The number of amides is 2.